The maximum atomic E-state index is 13.1. The number of benzene rings is 1. The van der Waals surface area contributed by atoms with E-state index in [1.165, 1.54) is 24.4 Å². The fourth-order valence-corrected chi connectivity index (χ4v) is 2.78. The summed E-state index contributed by atoms with van der Waals surface area (Å²) in [4.78, 5) is 37.0. The summed E-state index contributed by atoms with van der Waals surface area (Å²) < 4.78 is 15.9. The van der Waals surface area contributed by atoms with Crippen molar-refractivity contribution in [3.63, 3.8) is 0 Å². The van der Waals surface area contributed by atoms with Gasteiger partial charge in [-0.25, -0.2) is 13.9 Å². The number of nitrogens with zero attached hydrogens (tertiary/aromatic N) is 3. The van der Waals surface area contributed by atoms with E-state index in [0.29, 0.717) is 5.69 Å². The Labute approximate surface area is 153 Å². The van der Waals surface area contributed by atoms with Gasteiger partial charge >= 0.3 is 5.69 Å². The van der Waals surface area contributed by atoms with Gasteiger partial charge in [0, 0.05) is 23.5 Å². The molecule has 27 heavy (non-hydrogen) atoms. The second-order valence-corrected chi connectivity index (χ2v) is 6.10. The third kappa shape index (κ3) is 4.02. The molecule has 0 aliphatic heterocycles. The summed E-state index contributed by atoms with van der Waals surface area (Å²) in [6.07, 6.45) is 2.90. The number of aromatic nitrogens is 4. The number of H-pyrrole nitrogens is 1. The average Bonchev–Trinajstić information content (AvgIpc) is 3.00. The maximum absolute atomic E-state index is 13.1. The first-order valence-electron chi connectivity index (χ1n) is 8.25. The molecule has 3 aromatic rings. The number of carbonyl (C=O) groups excluding carboxylic acids is 1. The molecule has 2 N–H and O–H groups in total. The zero-order valence-electron chi connectivity index (χ0n) is 14.8. The molecule has 0 unspecified atom stereocenters. The van der Waals surface area contributed by atoms with Crippen molar-refractivity contribution in [2.24, 2.45) is 0 Å². The minimum Gasteiger partial charge on any atom is -0.348 e. The second-order valence-electron chi connectivity index (χ2n) is 6.10. The normalized spacial score (nSPS) is 12.0. The van der Waals surface area contributed by atoms with Gasteiger partial charge in [-0.05, 0) is 38.1 Å². The molecule has 0 fully saturated rings. The van der Waals surface area contributed by atoms with Gasteiger partial charge in [-0.3, -0.25) is 19.1 Å². The Bertz CT molecular complexity index is 1080. The van der Waals surface area contributed by atoms with Crippen LogP contribution in [0.1, 0.15) is 24.2 Å². The predicted molar refractivity (Wildman–Crippen MR) is 96.1 cm³/mol. The van der Waals surface area contributed by atoms with Crippen molar-refractivity contribution in [3.8, 4) is 5.69 Å². The number of aromatic amines is 1. The van der Waals surface area contributed by atoms with E-state index in [1.54, 1.807) is 29.9 Å². The molecule has 3 rings (SSSR count). The summed E-state index contributed by atoms with van der Waals surface area (Å²) in [5, 5.41) is 7.10. The van der Waals surface area contributed by atoms with Crippen LogP contribution in [0.3, 0.4) is 0 Å². The van der Waals surface area contributed by atoms with E-state index in [9.17, 15) is 18.8 Å². The van der Waals surface area contributed by atoms with Crippen molar-refractivity contribution in [1.29, 1.82) is 0 Å². The SMILES string of the molecule is Cc1c([C@H](C)NC(=O)Cn2ccc(=O)[nH]c2=O)cnn1-c1ccc(F)cc1. The topological polar surface area (TPSA) is 102 Å². The van der Waals surface area contributed by atoms with Crippen LogP contribution in [0.4, 0.5) is 4.39 Å². The van der Waals surface area contributed by atoms with Crippen LogP contribution in [-0.2, 0) is 11.3 Å². The van der Waals surface area contributed by atoms with Gasteiger partial charge in [-0.15, -0.1) is 0 Å². The summed E-state index contributed by atoms with van der Waals surface area (Å²) in [5.74, 6) is -0.715. The highest BCUT2D eigenvalue weighted by molar-refractivity contribution is 5.76. The van der Waals surface area contributed by atoms with Gasteiger partial charge in [0.15, 0.2) is 0 Å². The number of carbonyl (C=O) groups is 1. The van der Waals surface area contributed by atoms with Gasteiger partial charge in [0.1, 0.15) is 12.4 Å². The lowest BCUT2D eigenvalue weighted by molar-refractivity contribution is -0.122. The Kier molecular flexibility index (Phi) is 5.02. The predicted octanol–water partition coefficient (Wildman–Crippen LogP) is 1.05. The Hall–Kier alpha value is -3.49. The van der Waals surface area contributed by atoms with E-state index in [1.807, 2.05) is 6.92 Å². The smallest absolute Gasteiger partial charge is 0.328 e. The lowest BCUT2D eigenvalue weighted by Crippen LogP contribution is -2.36. The lowest BCUT2D eigenvalue weighted by atomic mass is 10.1. The molecule has 9 heteroatoms. The third-order valence-corrected chi connectivity index (χ3v) is 4.17. The molecule has 0 aliphatic carbocycles. The summed E-state index contributed by atoms with van der Waals surface area (Å²) in [6.45, 7) is 3.43. The molecule has 0 saturated heterocycles. The van der Waals surface area contributed by atoms with Gasteiger partial charge in [-0.2, -0.15) is 5.10 Å². The fourth-order valence-electron chi connectivity index (χ4n) is 2.78. The zero-order valence-corrected chi connectivity index (χ0v) is 14.8. The van der Waals surface area contributed by atoms with Crippen molar-refractivity contribution in [2.45, 2.75) is 26.4 Å². The molecule has 1 aromatic carbocycles. The quantitative estimate of drug-likeness (QED) is 0.700. The van der Waals surface area contributed by atoms with Crippen LogP contribution in [-0.4, -0.2) is 25.2 Å². The Morgan fingerprint density at radius 2 is 1.96 bits per heavy atom. The van der Waals surface area contributed by atoms with Crippen LogP contribution in [0.15, 0.2) is 52.3 Å². The van der Waals surface area contributed by atoms with E-state index in [-0.39, 0.29) is 24.3 Å². The highest BCUT2D eigenvalue weighted by Gasteiger charge is 2.17. The van der Waals surface area contributed by atoms with Gasteiger partial charge in [0.05, 0.1) is 17.9 Å². The molecule has 2 heterocycles. The summed E-state index contributed by atoms with van der Waals surface area (Å²) in [5.41, 5.74) is 1.13. The van der Waals surface area contributed by atoms with Gasteiger partial charge in [-0.1, -0.05) is 0 Å². The highest BCUT2D eigenvalue weighted by atomic mass is 19.1. The average molecular weight is 371 g/mol. The van der Waals surface area contributed by atoms with Crippen LogP contribution in [0.2, 0.25) is 0 Å². The molecule has 140 valence electrons. The van der Waals surface area contributed by atoms with E-state index in [4.69, 9.17) is 0 Å². The molecule has 0 aliphatic rings. The van der Waals surface area contributed by atoms with Gasteiger partial charge < -0.3 is 5.32 Å². The molecular formula is C18H18FN5O3. The lowest BCUT2D eigenvalue weighted by Gasteiger charge is -2.14. The molecular weight excluding hydrogens is 353 g/mol. The molecule has 0 saturated carbocycles. The molecule has 2 aromatic heterocycles. The maximum Gasteiger partial charge on any atom is 0.328 e. The Morgan fingerprint density at radius 3 is 2.63 bits per heavy atom. The number of nitrogens with one attached hydrogen (secondary N) is 2. The standard InChI is InChI=1S/C18H18FN5O3/c1-11(21-17(26)10-23-8-7-16(25)22-18(23)27)15-9-20-24(12(15)2)14-5-3-13(19)4-6-14/h3-9,11H,10H2,1-2H3,(H,21,26)(H,22,25,27)/t11-/m0/s1. The van der Waals surface area contributed by atoms with E-state index in [2.05, 4.69) is 15.4 Å². The Balaban J connectivity index is 1.73. The minimum atomic E-state index is -0.648. The van der Waals surface area contributed by atoms with Crippen LogP contribution >= 0.6 is 0 Å². The number of amides is 1. The summed E-state index contributed by atoms with van der Waals surface area (Å²) in [7, 11) is 0. The third-order valence-electron chi connectivity index (χ3n) is 4.17. The second kappa shape index (κ2) is 7.40. The molecule has 0 bridgehead atoms. The molecule has 0 spiro atoms. The number of halogens is 1. The molecule has 8 nitrogen and oxygen atoms in total. The van der Waals surface area contributed by atoms with Crippen molar-refractivity contribution in [2.75, 3.05) is 0 Å². The summed E-state index contributed by atoms with van der Waals surface area (Å²) in [6, 6.07) is 6.75. The van der Waals surface area contributed by atoms with Gasteiger partial charge in [0.2, 0.25) is 5.91 Å². The molecule has 1 amide bonds. The van der Waals surface area contributed by atoms with Crippen LogP contribution in [0.25, 0.3) is 5.69 Å². The van der Waals surface area contributed by atoms with Crippen LogP contribution in [0.5, 0.6) is 0 Å². The first-order valence-corrected chi connectivity index (χ1v) is 8.25. The molecule has 0 radical (unpaired) electrons. The van der Waals surface area contributed by atoms with Gasteiger partial charge in [0.25, 0.3) is 5.56 Å². The van der Waals surface area contributed by atoms with Crippen molar-refractivity contribution < 1.29 is 9.18 Å². The van der Waals surface area contributed by atoms with E-state index < -0.39 is 11.2 Å². The van der Waals surface area contributed by atoms with Crippen LogP contribution in [0, 0.1) is 12.7 Å². The first-order chi connectivity index (χ1) is 12.8. The highest BCUT2D eigenvalue weighted by Crippen LogP contribution is 2.20. The Morgan fingerprint density at radius 1 is 1.26 bits per heavy atom. The first kappa shape index (κ1) is 18.3. The van der Waals surface area contributed by atoms with E-state index in [0.717, 1.165) is 15.8 Å². The molecule has 1 atom stereocenters. The number of hydrogen-bond acceptors (Lipinski definition) is 4. The largest absolute Gasteiger partial charge is 0.348 e. The van der Waals surface area contributed by atoms with E-state index >= 15 is 0 Å². The number of hydrogen-bond donors (Lipinski definition) is 2. The minimum absolute atomic E-state index is 0.217. The van der Waals surface area contributed by atoms with Crippen molar-refractivity contribution >= 4 is 5.91 Å². The van der Waals surface area contributed by atoms with Crippen molar-refractivity contribution in [3.05, 3.63) is 80.6 Å². The van der Waals surface area contributed by atoms with Crippen LogP contribution < -0.4 is 16.6 Å². The van der Waals surface area contributed by atoms with Crippen molar-refractivity contribution in [1.82, 2.24) is 24.6 Å². The zero-order chi connectivity index (χ0) is 19.6. The number of rotatable bonds is 5. The summed E-state index contributed by atoms with van der Waals surface area (Å²) >= 11 is 0. The fraction of sp³-hybridized carbons (Fsp3) is 0.222. The monoisotopic (exact) mass is 371 g/mol.